The van der Waals surface area contributed by atoms with Crippen LogP contribution in [0.15, 0.2) is 18.2 Å². The lowest BCUT2D eigenvalue weighted by Crippen LogP contribution is -2.21. The van der Waals surface area contributed by atoms with Gasteiger partial charge < -0.3 is 14.6 Å². The molecular formula is C16H24O3. The van der Waals surface area contributed by atoms with E-state index in [0.717, 1.165) is 38.2 Å². The average molecular weight is 264 g/mol. The van der Waals surface area contributed by atoms with E-state index < -0.39 is 6.10 Å². The highest BCUT2D eigenvalue weighted by atomic mass is 16.5. The molecule has 0 spiro atoms. The molecule has 0 aromatic heterocycles. The Morgan fingerprint density at radius 2 is 2.00 bits per heavy atom. The number of hydrogen-bond acceptors (Lipinski definition) is 3. The predicted molar refractivity (Wildman–Crippen MR) is 75.2 cm³/mol. The lowest BCUT2D eigenvalue weighted by atomic mass is 10.0. The van der Waals surface area contributed by atoms with Gasteiger partial charge in [0.25, 0.3) is 0 Å². The van der Waals surface area contributed by atoms with Crippen LogP contribution in [-0.4, -0.2) is 31.5 Å². The summed E-state index contributed by atoms with van der Waals surface area (Å²) in [6.45, 7) is 6.92. The lowest BCUT2D eigenvalue weighted by molar-refractivity contribution is -0.00967. The van der Waals surface area contributed by atoms with Crippen LogP contribution in [0.5, 0.6) is 0 Å². The first-order valence-corrected chi connectivity index (χ1v) is 7.07. The van der Waals surface area contributed by atoms with Crippen molar-refractivity contribution in [2.75, 3.05) is 26.4 Å². The van der Waals surface area contributed by atoms with Gasteiger partial charge >= 0.3 is 0 Å². The van der Waals surface area contributed by atoms with E-state index in [1.807, 2.05) is 18.2 Å². The third-order valence-corrected chi connectivity index (χ3v) is 3.89. The molecule has 0 aliphatic carbocycles. The van der Waals surface area contributed by atoms with E-state index in [1.165, 1.54) is 11.1 Å². The Morgan fingerprint density at radius 1 is 1.26 bits per heavy atom. The summed E-state index contributed by atoms with van der Waals surface area (Å²) in [5, 5.41) is 10.1. The highest BCUT2D eigenvalue weighted by Gasteiger charge is 2.15. The smallest absolute Gasteiger partial charge is 0.102 e. The Kier molecular flexibility index (Phi) is 5.37. The summed E-state index contributed by atoms with van der Waals surface area (Å²) < 4.78 is 11.0. The molecule has 3 nitrogen and oxygen atoms in total. The van der Waals surface area contributed by atoms with Crippen LogP contribution in [0.1, 0.15) is 35.6 Å². The van der Waals surface area contributed by atoms with Gasteiger partial charge in [-0.05, 0) is 49.3 Å². The van der Waals surface area contributed by atoms with Gasteiger partial charge in [0.05, 0.1) is 6.61 Å². The van der Waals surface area contributed by atoms with Gasteiger partial charge in [0.15, 0.2) is 0 Å². The van der Waals surface area contributed by atoms with E-state index >= 15 is 0 Å². The molecule has 3 heteroatoms. The Balaban J connectivity index is 1.76. The van der Waals surface area contributed by atoms with Crippen molar-refractivity contribution in [2.24, 2.45) is 5.92 Å². The standard InChI is InChI=1S/C16H24O3/c1-12-3-4-15(9-13(12)2)16(17)11-19-10-14-5-7-18-8-6-14/h3-4,9,14,16-17H,5-8,10-11H2,1-2H3. The molecule has 106 valence electrons. The van der Waals surface area contributed by atoms with Crippen molar-refractivity contribution in [1.29, 1.82) is 0 Å². The van der Waals surface area contributed by atoms with Crippen LogP contribution in [-0.2, 0) is 9.47 Å². The van der Waals surface area contributed by atoms with E-state index in [1.54, 1.807) is 0 Å². The first-order chi connectivity index (χ1) is 9.16. The first-order valence-electron chi connectivity index (χ1n) is 7.07. The molecule has 2 rings (SSSR count). The Morgan fingerprint density at radius 3 is 2.68 bits per heavy atom. The third kappa shape index (κ3) is 4.30. The molecule has 1 heterocycles. The molecular weight excluding hydrogens is 240 g/mol. The van der Waals surface area contributed by atoms with E-state index in [0.29, 0.717) is 12.5 Å². The zero-order valence-electron chi connectivity index (χ0n) is 11.9. The maximum absolute atomic E-state index is 10.1. The van der Waals surface area contributed by atoms with E-state index in [-0.39, 0.29) is 0 Å². The fraction of sp³-hybridized carbons (Fsp3) is 0.625. The fourth-order valence-electron chi connectivity index (χ4n) is 2.33. The number of rotatable bonds is 5. The van der Waals surface area contributed by atoms with Gasteiger partial charge in [-0.2, -0.15) is 0 Å². The predicted octanol–water partition coefficient (Wildman–Crippen LogP) is 2.78. The van der Waals surface area contributed by atoms with Crippen LogP contribution in [0.3, 0.4) is 0 Å². The fourth-order valence-corrected chi connectivity index (χ4v) is 2.33. The van der Waals surface area contributed by atoms with Crippen molar-refractivity contribution in [3.8, 4) is 0 Å². The molecule has 1 fully saturated rings. The molecule has 1 aromatic carbocycles. The maximum Gasteiger partial charge on any atom is 0.102 e. The van der Waals surface area contributed by atoms with Gasteiger partial charge in [0.2, 0.25) is 0 Å². The second-order valence-corrected chi connectivity index (χ2v) is 5.45. The summed E-state index contributed by atoms with van der Waals surface area (Å²) >= 11 is 0. The Hall–Kier alpha value is -0.900. The van der Waals surface area contributed by atoms with Crippen molar-refractivity contribution in [3.05, 3.63) is 34.9 Å². The van der Waals surface area contributed by atoms with Crippen LogP contribution in [0.4, 0.5) is 0 Å². The molecule has 0 amide bonds. The number of aryl methyl sites for hydroxylation is 2. The van der Waals surface area contributed by atoms with Gasteiger partial charge in [-0.15, -0.1) is 0 Å². The molecule has 1 aromatic rings. The second kappa shape index (κ2) is 7.04. The summed E-state index contributed by atoms with van der Waals surface area (Å²) in [4.78, 5) is 0. The van der Waals surface area contributed by atoms with Crippen molar-refractivity contribution < 1.29 is 14.6 Å². The van der Waals surface area contributed by atoms with Gasteiger partial charge in [-0.1, -0.05) is 18.2 Å². The molecule has 1 N–H and O–H groups in total. The van der Waals surface area contributed by atoms with E-state index in [9.17, 15) is 5.11 Å². The molecule has 19 heavy (non-hydrogen) atoms. The number of hydrogen-bond donors (Lipinski definition) is 1. The third-order valence-electron chi connectivity index (χ3n) is 3.89. The molecule has 1 saturated heterocycles. The molecule has 1 aliphatic heterocycles. The topological polar surface area (TPSA) is 38.7 Å². The molecule has 1 aliphatic rings. The highest BCUT2D eigenvalue weighted by Crippen LogP contribution is 2.19. The zero-order valence-corrected chi connectivity index (χ0v) is 11.9. The molecule has 1 unspecified atom stereocenters. The summed E-state index contributed by atoms with van der Waals surface area (Å²) in [5.74, 6) is 0.584. The Labute approximate surface area is 115 Å². The highest BCUT2D eigenvalue weighted by molar-refractivity contribution is 5.31. The Bertz CT molecular complexity index is 397. The van der Waals surface area contributed by atoms with Crippen molar-refractivity contribution in [3.63, 3.8) is 0 Å². The van der Waals surface area contributed by atoms with Gasteiger partial charge in [-0.3, -0.25) is 0 Å². The molecule has 0 saturated carbocycles. The number of aliphatic hydroxyl groups excluding tert-OH is 1. The maximum atomic E-state index is 10.1. The van der Waals surface area contributed by atoms with Crippen LogP contribution in [0.2, 0.25) is 0 Å². The van der Waals surface area contributed by atoms with Crippen molar-refractivity contribution >= 4 is 0 Å². The number of ether oxygens (including phenoxy) is 2. The average Bonchev–Trinajstić information content (AvgIpc) is 2.43. The summed E-state index contributed by atoms with van der Waals surface area (Å²) in [6, 6.07) is 6.06. The van der Waals surface area contributed by atoms with Gasteiger partial charge in [-0.25, -0.2) is 0 Å². The minimum atomic E-state index is -0.529. The zero-order chi connectivity index (χ0) is 13.7. The van der Waals surface area contributed by atoms with Gasteiger partial charge in [0.1, 0.15) is 6.10 Å². The summed E-state index contributed by atoms with van der Waals surface area (Å²) in [6.07, 6.45) is 1.61. The number of benzene rings is 1. The lowest BCUT2D eigenvalue weighted by Gasteiger charge is -2.22. The van der Waals surface area contributed by atoms with Crippen LogP contribution in [0.25, 0.3) is 0 Å². The van der Waals surface area contributed by atoms with E-state index in [4.69, 9.17) is 9.47 Å². The summed E-state index contributed by atoms with van der Waals surface area (Å²) in [7, 11) is 0. The molecule has 1 atom stereocenters. The molecule has 0 radical (unpaired) electrons. The van der Waals surface area contributed by atoms with Crippen molar-refractivity contribution in [2.45, 2.75) is 32.8 Å². The minimum absolute atomic E-state index is 0.375. The quantitative estimate of drug-likeness (QED) is 0.888. The molecule has 0 bridgehead atoms. The normalized spacial score (nSPS) is 18.5. The second-order valence-electron chi connectivity index (χ2n) is 5.45. The summed E-state index contributed by atoms with van der Waals surface area (Å²) in [5.41, 5.74) is 3.40. The van der Waals surface area contributed by atoms with Crippen LogP contribution >= 0.6 is 0 Å². The van der Waals surface area contributed by atoms with Gasteiger partial charge in [0, 0.05) is 19.8 Å². The largest absolute Gasteiger partial charge is 0.386 e. The van der Waals surface area contributed by atoms with Crippen LogP contribution in [0, 0.1) is 19.8 Å². The monoisotopic (exact) mass is 264 g/mol. The minimum Gasteiger partial charge on any atom is -0.386 e. The van der Waals surface area contributed by atoms with E-state index in [2.05, 4.69) is 13.8 Å². The number of aliphatic hydroxyl groups is 1. The van der Waals surface area contributed by atoms with Crippen molar-refractivity contribution in [1.82, 2.24) is 0 Å². The van der Waals surface area contributed by atoms with Crippen LogP contribution < -0.4 is 0 Å². The SMILES string of the molecule is Cc1ccc(C(O)COCC2CCOCC2)cc1C. The first kappa shape index (κ1) is 14.5.